The first-order valence-corrected chi connectivity index (χ1v) is 9.68. The van der Waals surface area contributed by atoms with Crippen LogP contribution in [-0.4, -0.2) is 51.2 Å². The molecule has 1 fully saturated rings. The molecule has 1 unspecified atom stereocenters. The lowest BCUT2D eigenvalue weighted by atomic mass is 10.2. The fourth-order valence-electron chi connectivity index (χ4n) is 3.47. The molecule has 3 aromatic rings. The van der Waals surface area contributed by atoms with Gasteiger partial charge in [0.1, 0.15) is 5.82 Å². The molecule has 1 saturated heterocycles. The van der Waals surface area contributed by atoms with E-state index in [2.05, 4.69) is 25.0 Å². The van der Waals surface area contributed by atoms with Crippen molar-refractivity contribution >= 4 is 5.82 Å². The normalized spacial score (nSPS) is 17.0. The standard InChI is InChI=1S/C20H21F3N6O/c1-14(19-26-18(27-30-19)15-4-2-7-24-12-15)28-8-3-9-29(11-10-28)17-6-5-16(13-25-17)20(21,22)23/h2,4-7,12-14H,3,8-11H2,1H3. The number of pyridine rings is 2. The Kier molecular flexibility index (Phi) is 5.67. The fraction of sp³-hybridized carbons (Fsp3) is 0.400. The summed E-state index contributed by atoms with van der Waals surface area (Å²) in [5.41, 5.74) is 0.0484. The highest BCUT2D eigenvalue weighted by Crippen LogP contribution is 2.30. The van der Waals surface area contributed by atoms with Gasteiger partial charge >= 0.3 is 6.18 Å². The number of alkyl halides is 3. The van der Waals surface area contributed by atoms with E-state index in [0.29, 0.717) is 37.2 Å². The van der Waals surface area contributed by atoms with Gasteiger partial charge in [-0.2, -0.15) is 18.2 Å². The average Bonchev–Trinajstić information content (AvgIpc) is 3.11. The van der Waals surface area contributed by atoms with Crippen molar-refractivity contribution < 1.29 is 17.7 Å². The number of halogens is 3. The van der Waals surface area contributed by atoms with Gasteiger partial charge < -0.3 is 9.42 Å². The van der Waals surface area contributed by atoms with Crippen molar-refractivity contribution in [1.82, 2.24) is 25.0 Å². The molecule has 0 spiro atoms. The molecule has 158 valence electrons. The molecular formula is C20H21F3N6O. The van der Waals surface area contributed by atoms with Crippen LogP contribution >= 0.6 is 0 Å². The van der Waals surface area contributed by atoms with Crippen molar-refractivity contribution in [1.29, 1.82) is 0 Å². The Morgan fingerprint density at radius 3 is 2.63 bits per heavy atom. The molecule has 4 rings (SSSR count). The van der Waals surface area contributed by atoms with E-state index < -0.39 is 11.7 Å². The predicted octanol–water partition coefficient (Wildman–Crippen LogP) is 3.82. The number of rotatable bonds is 4. The van der Waals surface area contributed by atoms with Gasteiger partial charge in [0, 0.05) is 50.3 Å². The Balaban J connectivity index is 1.41. The molecule has 1 aliphatic heterocycles. The molecular weight excluding hydrogens is 397 g/mol. The summed E-state index contributed by atoms with van der Waals surface area (Å²) >= 11 is 0. The maximum Gasteiger partial charge on any atom is 0.417 e. The molecule has 0 amide bonds. The second-order valence-corrected chi connectivity index (χ2v) is 7.15. The SMILES string of the molecule is CC(c1nc(-c2cccnc2)no1)N1CCCN(c2ccc(C(F)(F)F)cn2)CC1. The van der Waals surface area contributed by atoms with E-state index in [1.807, 2.05) is 24.0 Å². The predicted molar refractivity (Wildman–Crippen MR) is 104 cm³/mol. The van der Waals surface area contributed by atoms with Crippen LogP contribution in [0.15, 0.2) is 47.4 Å². The molecule has 1 aliphatic rings. The van der Waals surface area contributed by atoms with Gasteiger partial charge in [-0.15, -0.1) is 0 Å². The molecule has 30 heavy (non-hydrogen) atoms. The third-order valence-corrected chi connectivity index (χ3v) is 5.20. The van der Waals surface area contributed by atoms with Crippen molar-refractivity contribution in [3.63, 3.8) is 0 Å². The molecule has 0 saturated carbocycles. The van der Waals surface area contributed by atoms with Gasteiger partial charge in [-0.3, -0.25) is 9.88 Å². The van der Waals surface area contributed by atoms with Crippen LogP contribution in [0, 0.1) is 0 Å². The third-order valence-electron chi connectivity index (χ3n) is 5.20. The van der Waals surface area contributed by atoms with Gasteiger partial charge in [-0.25, -0.2) is 4.98 Å². The van der Waals surface area contributed by atoms with Gasteiger partial charge in [0.2, 0.25) is 11.7 Å². The van der Waals surface area contributed by atoms with E-state index in [1.54, 1.807) is 12.4 Å². The molecule has 0 radical (unpaired) electrons. The van der Waals surface area contributed by atoms with E-state index in [-0.39, 0.29) is 6.04 Å². The zero-order valence-electron chi connectivity index (χ0n) is 16.4. The molecule has 3 aromatic heterocycles. The molecule has 0 bridgehead atoms. The quantitative estimate of drug-likeness (QED) is 0.638. The van der Waals surface area contributed by atoms with Gasteiger partial charge in [0.15, 0.2) is 0 Å². The summed E-state index contributed by atoms with van der Waals surface area (Å²) in [5.74, 6) is 1.57. The number of aromatic nitrogens is 4. The van der Waals surface area contributed by atoms with Gasteiger partial charge in [-0.1, -0.05) is 5.16 Å². The largest absolute Gasteiger partial charge is 0.417 e. The Bertz CT molecular complexity index is 961. The lowest BCUT2D eigenvalue weighted by molar-refractivity contribution is -0.137. The van der Waals surface area contributed by atoms with Crippen LogP contribution in [0.3, 0.4) is 0 Å². The Hall–Kier alpha value is -3.01. The fourth-order valence-corrected chi connectivity index (χ4v) is 3.47. The minimum Gasteiger partial charge on any atom is -0.355 e. The number of anilines is 1. The summed E-state index contributed by atoms with van der Waals surface area (Å²) in [5, 5.41) is 4.05. The van der Waals surface area contributed by atoms with E-state index in [4.69, 9.17) is 4.52 Å². The molecule has 1 atom stereocenters. The van der Waals surface area contributed by atoms with Crippen molar-refractivity contribution in [3.05, 3.63) is 54.3 Å². The van der Waals surface area contributed by atoms with Crippen LogP contribution in [0.5, 0.6) is 0 Å². The third kappa shape index (κ3) is 4.43. The van der Waals surface area contributed by atoms with Crippen LogP contribution in [0.4, 0.5) is 19.0 Å². The summed E-state index contributed by atoms with van der Waals surface area (Å²) in [6.45, 7) is 4.88. The molecule has 0 N–H and O–H groups in total. The number of hydrogen-bond donors (Lipinski definition) is 0. The lowest BCUT2D eigenvalue weighted by Gasteiger charge is -2.25. The van der Waals surface area contributed by atoms with Gasteiger partial charge in [0.05, 0.1) is 11.6 Å². The maximum absolute atomic E-state index is 12.8. The van der Waals surface area contributed by atoms with Crippen LogP contribution in [0.25, 0.3) is 11.4 Å². The monoisotopic (exact) mass is 418 g/mol. The van der Waals surface area contributed by atoms with E-state index in [9.17, 15) is 13.2 Å². The maximum atomic E-state index is 12.8. The Morgan fingerprint density at radius 1 is 1.07 bits per heavy atom. The van der Waals surface area contributed by atoms with Crippen LogP contribution < -0.4 is 4.90 Å². The molecule has 0 aromatic carbocycles. The first-order chi connectivity index (χ1) is 14.4. The van der Waals surface area contributed by atoms with Gasteiger partial charge in [0.25, 0.3) is 0 Å². The highest BCUT2D eigenvalue weighted by atomic mass is 19.4. The lowest BCUT2D eigenvalue weighted by Crippen LogP contribution is -2.33. The van der Waals surface area contributed by atoms with Crippen molar-refractivity contribution in [3.8, 4) is 11.4 Å². The van der Waals surface area contributed by atoms with Crippen molar-refractivity contribution in [2.24, 2.45) is 0 Å². The summed E-state index contributed by atoms with van der Waals surface area (Å²) in [6, 6.07) is 6.11. The van der Waals surface area contributed by atoms with E-state index in [1.165, 1.54) is 6.07 Å². The zero-order chi connectivity index (χ0) is 21.1. The summed E-state index contributed by atoms with van der Waals surface area (Å²) in [4.78, 5) is 16.8. The minimum absolute atomic E-state index is 0.0802. The molecule has 0 aliphatic carbocycles. The van der Waals surface area contributed by atoms with Crippen molar-refractivity contribution in [2.75, 3.05) is 31.1 Å². The van der Waals surface area contributed by atoms with Crippen LogP contribution in [-0.2, 0) is 6.18 Å². The first kappa shape index (κ1) is 20.3. The highest BCUT2D eigenvalue weighted by molar-refractivity contribution is 5.51. The van der Waals surface area contributed by atoms with Crippen molar-refractivity contribution in [2.45, 2.75) is 25.6 Å². The molecule has 4 heterocycles. The Labute approximate surface area is 171 Å². The average molecular weight is 418 g/mol. The van der Waals surface area contributed by atoms with E-state index in [0.717, 1.165) is 30.8 Å². The number of hydrogen-bond acceptors (Lipinski definition) is 7. The topological polar surface area (TPSA) is 71.2 Å². The second-order valence-electron chi connectivity index (χ2n) is 7.15. The van der Waals surface area contributed by atoms with Crippen LogP contribution in [0.1, 0.15) is 30.8 Å². The highest BCUT2D eigenvalue weighted by Gasteiger charge is 2.31. The summed E-state index contributed by atoms with van der Waals surface area (Å²) < 4.78 is 43.7. The Morgan fingerprint density at radius 2 is 1.93 bits per heavy atom. The second kappa shape index (κ2) is 8.39. The van der Waals surface area contributed by atoms with E-state index >= 15 is 0 Å². The summed E-state index contributed by atoms with van der Waals surface area (Å²) in [6.07, 6.45) is 0.715. The minimum atomic E-state index is -4.38. The summed E-state index contributed by atoms with van der Waals surface area (Å²) in [7, 11) is 0. The first-order valence-electron chi connectivity index (χ1n) is 9.68. The zero-order valence-corrected chi connectivity index (χ0v) is 16.4. The van der Waals surface area contributed by atoms with Gasteiger partial charge in [-0.05, 0) is 37.6 Å². The molecule has 10 heteroatoms. The smallest absolute Gasteiger partial charge is 0.355 e. The molecule has 7 nitrogen and oxygen atoms in total. The van der Waals surface area contributed by atoms with Crippen LogP contribution in [0.2, 0.25) is 0 Å². The number of nitrogens with zero attached hydrogens (tertiary/aromatic N) is 6.